The van der Waals surface area contributed by atoms with E-state index >= 15 is 0 Å². The van der Waals surface area contributed by atoms with E-state index in [2.05, 4.69) is 16.0 Å². The van der Waals surface area contributed by atoms with Gasteiger partial charge in [-0.05, 0) is 30.5 Å². The highest BCUT2D eigenvalue weighted by atomic mass is 16.4. The first-order valence-corrected chi connectivity index (χ1v) is 13.0. The summed E-state index contributed by atoms with van der Waals surface area (Å²) in [7, 11) is 0. The summed E-state index contributed by atoms with van der Waals surface area (Å²) in [4.78, 5) is 62.1. The summed E-state index contributed by atoms with van der Waals surface area (Å²) in [5.74, 6) is -5.05. The molecular formula is C28H37N5O7. The summed E-state index contributed by atoms with van der Waals surface area (Å²) in [6.07, 6.45) is 0.960. The van der Waals surface area contributed by atoms with Gasteiger partial charge in [-0.1, -0.05) is 67.1 Å². The van der Waals surface area contributed by atoms with Crippen molar-refractivity contribution < 1.29 is 34.2 Å². The van der Waals surface area contributed by atoms with Gasteiger partial charge >= 0.3 is 11.9 Å². The Morgan fingerprint density at radius 1 is 0.675 bits per heavy atom. The van der Waals surface area contributed by atoms with Crippen LogP contribution in [0.25, 0.3) is 0 Å². The molecule has 216 valence electrons. The normalized spacial score (nSPS) is 13.8. The molecule has 0 aliphatic heterocycles. The molecule has 40 heavy (non-hydrogen) atoms. The van der Waals surface area contributed by atoms with Crippen LogP contribution < -0.4 is 27.4 Å². The first-order chi connectivity index (χ1) is 19.1. The van der Waals surface area contributed by atoms with E-state index in [4.69, 9.17) is 16.6 Å². The number of aliphatic carboxylic acids is 2. The molecule has 4 atom stereocenters. The average Bonchev–Trinajstić information content (AvgIpc) is 2.92. The fourth-order valence-corrected chi connectivity index (χ4v) is 3.96. The minimum Gasteiger partial charge on any atom is -0.481 e. The van der Waals surface area contributed by atoms with Gasteiger partial charge in [0.1, 0.15) is 18.1 Å². The highest BCUT2D eigenvalue weighted by Crippen LogP contribution is 2.09. The van der Waals surface area contributed by atoms with Crippen LogP contribution in [0, 0.1) is 0 Å². The molecule has 0 aliphatic carbocycles. The fourth-order valence-electron chi connectivity index (χ4n) is 3.96. The van der Waals surface area contributed by atoms with Crippen LogP contribution in [0.5, 0.6) is 0 Å². The van der Waals surface area contributed by atoms with Crippen LogP contribution in [0.3, 0.4) is 0 Å². The molecule has 2 aromatic carbocycles. The number of carbonyl (C=O) groups excluding carboxylic acids is 3. The van der Waals surface area contributed by atoms with Gasteiger partial charge in [0.15, 0.2) is 0 Å². The van der Waals surface area contributed by atoms with Crippen LogP contribution in [0.4, 0.5) is 0 Å². The molecule has 0 fully saturated rings. The number of carboxylic acids is 2. The van der Waals surface area contributed by atoms with Gasteiger partial charge in [-0.25, -0.2) is 4.79 Å². The van der Waals surface area contributed by atoms with Crippen LogP contribution in [0.15, 0.2) is 60.7 Å². The first kappa shape index (κ1) is 31.9. The van der Waals surface area contributed by atoms with Crippen molar-refractivity contribution in [3.05, 3.63) is 71.8 Å². The molecule has 0 aliphatic rings. The second kappa shape index (κ2) is 16.6. The highest BCUT2D eigenvalue weighted by molar-refractivity contribution is 5.95. The van der Waals surface area contributed by atoms with E-state index in [-0.39, 0.29) is 12.8 Å². The molecule has 0 unspecified atom stereocenters. The highest BCUT2D eigenvalue weighted by Gasteiger charge is 2.31. The molecule has 0 aromatic heterocycles. The summed E-state index contributed by atoms with van der Waals surface area (Å²) < 4.78 is 0. The Morgan fingerprint density at radius 3 is 1.55 bits per heavy atom. The van der Waals surface area contributed by atoms with Crippen LogP contribution in [0.1, 0.15) is 36.8 Å². The van der Waals surface area contributed by atoms with Crippen molar-refractivity contribution in [3.63, 3.8) is 0 Å². The van der Waals surface area contributed by atoms with Gasteiger partial charge < -0.3 is 37.6 Å². The van der Waals surface area contributed by atoms with Gasteiger partial charge in [-0.2, -0.15) is 0 Å². The molecular weight excluding hydrogens is 518 g/mol. The third-order valence-electron chi connectivity index (χ3n) is 6.13. The Morgan fingerprint density at radius 2 is 1.12 bits per heavy atom. The summed E-state index contributed by atoms with van der Waals surface area (Å²) in [5.41, 5.74) is 12.9. The Labute approximate surface area is 232 Å². The molecule has 0 bridgehead atoms. The second-order valence-corrected chi connectivity index (χ2v) is 9.39. The largest absolute Gasteiger partial charge is 0.481 e. The molecule has 0 heterocycles. The van der Waals surface area contributed by atoms with Crippen LogP contribution in [-0.4, -0.2) is 70.6 Å². The molecule has 3 amide bonds. The third kappa shape index (κ3) is 11.2. The van der Waals surface area contributed by atoms with Gasteiger partial charge in [0, 0.05) is 12.8 Å². The van der Waals surface area contributed by atoms with Gasteiger partial charge in [-0.15, -0.1) is 0 Å². The Kier molecular flexibility index (Phi) is 13.3. The third-order valence-corrected chi connectivity index (χ3v) is 6.13. The zero-order valence-corrected chi connectivity index (χ0v) is 22.1. The predicted molar refractivity (Wildman–Crippen MR) is 147 cm³/mol. The maximum Gasteiger partial charge on any atom is 0.326 e. The van der Waals surface area contributed by atoms with E-state index in [1.807, 2.05) is 0 Å². The molecule has 12 heteroatoms. The average molecular weight is 556 g/mol. The summed E-state index contributed by atoms with van der Waals surface area (Å²) >= 11 is 0. The molecule has 12 nitrogen and oxygen atoms in total. The van der Waals surface area contributed by atoms with Crippen molar-refractivity contribution in [1.29, 1.82) is 0 Å². The number of hydrogen-bond acceptors (Lipinski definition) is 7. The lowest BCUT2D eigenvalue weighted by Crippen LogP contribution is -2.58. The van der Waals surface area contributed by atoms with Crippen LogP contribution in [-0.2, 0) is 36.8 Å². The molecule has 0 radical (unpaired) electrons. The number of amides is 3. The molecule has 9 N–H and O–H groups in total. The summed E-state index contributed by atoms with van der Waals surface area (Å²) in [5, 5.41) is 25.9. The van der Waals surface area contributed by atoms with Crippen LogP contribution >= 0.6 is 0 Å². The maximum atomic E-state index is 13.5. The standard InChI is InChI=1S/C28H37N5O7/c29-14-8-7-13-20(30)25(36)31-21(15-18-9-3-1-4-10-18)26(37)32-22(16-19-11-5-2-6-12-19)27(38)33-23(28(39)40)17-24(34)35/h1-6,9-12,20-23H,7-8,13-17,29-30H2,(H,31,36)(H,32,37)(H,33,38)(H,34,35)(H,39,40)/t20-,21+,22+,23+/m1/s1. The van der Waals surface area contributed by atoms with E-state index in [1.54, 1.807) is 60.7 Å². The maximum absolute atomic E-state index is 13.5. The lowest BCUT2D eigenvalue weighted by Gasteiger charge is -2.25. The number of benzene rings is 2. The Hall–Kier alpha value is -4.29. The number of unbranched alkanes of at least 4 members (excludes halogenated alkanes) is 1. The molecule has 0 spiro atoms. The topological polar surface area (TPSA) is 214 Å². The quantitative estimate of drug-likeness (QED) is 0.130. The molecule has 2 aromatic rings. The number of hydrogen-bond donors (Lipinski definition) is 7. The second-order valence-electron chi connectivity index (χ2n) is 9.39. The minimum atomic E-state index is -1.70. The van der Waals surface area contributed by atoms with E-state index in [0.29, 0.717) is 31.4 Å². The monoisotopic (exact) mass is 555 g/mol. The summed E-state index contributed by atoms with van der Waals surface area (Å²) in [6.45, 7) is 0.466. The molecule has 0 saturated heterocycles. The van der Waals surface area contributed by atoms with Crippen molar-refractivity contribution in [1.82, 2.24) is 16.0 Å². The van der Waals surface area contributed by atoms with Crippen molar-refractivity contribution in [2.45, 2.75) is 62.7 Å². The molecule has 0 saturated carbocycles. The van der Waals surface area contributed by atoms with Crippen molar-refractivity contribution in [3.8, 4) is 0 Å². The van der Waals surface area contributed by atoms with Gasteiger partial charge in [0.05, 0.1) is 12.5 Å². The zero-order valence-electron chi connectivity index (χ0n) is 22.1. The van der Waals surface area contributed by atoms with Gasteiger partial charge in [0.2, 0.25) is 17.7 Å². The Balaban J connectivity index is 2.27. The number of nitrogens with two attached hydrogens (primary N) is 2. The molecule has 2 rings (SSSR count). The smallest absolute Gasteiger partial charge is 0.326 e. The predicted octanol–water partition coefficient (Wildman–Crippen LogP) is -0.0582. The number of nitrogens with one attached hydrogen (secondary N) is 3. The Bertz CT molecular complexity index is 1130. The SMILES string of the molecule is NCCCC[C@@H](N)C(=O)N[C@@H](Cc1ccccc1)C(=O)N[C@@H](Cc1ccccc1)C(=O)N[C@@H](CC(=O)O)C(=O)O. The number of carbonyl (C=O) groups is 5. The minimum absolute atomic E-state index is 0.0115. The van der Waals surface area contributed by atoms with Crippen molar-refractivity contribution in [2.24, 2.45) is 11.5 Å². The van der Waals surface area contributed by atoms with Crippen molar-refractivity contribution in [2.75, 3.05) is 6.54 Å². The van der Waals surface area contributed by atoms with E-state index in [1.165, 1.54) is 0 Å². The van der Waals surface area contributed by atoms with Crippen LogP contribution in [0.2, 0.25) is 0 Å². The van der Waals surface area contributed by atoms with E-state index < -0.39 is 60.2 Å². The number of carboxylic acid groups (broad SMARTS) is 2. The zero-order chi connectivity index (χ0) is 29.5. The lowest BCUT2D eigenvalue weighted by atomic mass is 10.0. The fraction of sp³-hybridized carbons (Fsp3) is 0.393. The van der Waals surface area contributed by atoms with E-state index in [9.17, 15) is 29.1 Å². The first-order valence-electron chi connectivity index (χ1n) is 13.0. The summed E-state index contributed by atoms with van der Waals surface area (Å²) in [6, 6.07) is 12.7. The van der Waals surface area contributed by atoms with Gasteiger partial charge in [0.25, 0.3) is 0 Å². The van der Waals surface area contributed by atoms with E-state index in [0.717, 1.165) is 5.56 Å². The van der Waals surface area contributed by atoms with Gasteiger partial charge in [-0.3, -0.25) is 19.2 Å². The lowest BCUT2D eigenvalue weighted by molar-refractivity contribution is -0.147. The van der Waals surface area contributed by atoms with Crippen molar-refractivity contribution >= 4 is 29.7 Å². The number of rotatable bonds is 17.